The average molecular weight is 291 g/mol. The molecule has 5 heteroatoms. The molecule has 2 N–H and O–H groups in total. The molecule has 0 heterocycles. The molecular weight excluding hydrogens is 274 g/mol. The standard InChI is InChI=1S/C15H17NO3S/c1-12(13-5-3-2-4-6-13)11-20(18,19)16-14-7-9-15(17)10-8-14/h2-10,12,16-17H,11H2,1H3. The van der Waals surface area contributed by atoms with Crippen molar-refractivity contribution in [2.24, 2.45) is 0 Å². The summed E-state index contributed by atoms with van der Waals surface area (Å²) in [6.45, 7) is 1.88. The number of anilines is 1. The summed E-state index contributed by atoms with van der Waals surface area (Å²) in [6.07, 6.45) is 0. The molecule has 1 atom stereocenters. The lowest BCUT2D eigenvalue weighted by molar-refractivity contribution is 0.475. The van der Waals surface area contributed by atoms with E-state index >= 15 is 0 Å². The molecule has 0 aliphatic heterocycles. The van der Waals surface area contributed by atoms with Gasteiger partial charge in [0.1, 0.15) is 5.75 Å². The second kappa shape index (κ2) is 5.96. The van der Waals surface area contributed by atoms with Gasteiger partial charge in [0.25, 0.3) is 0 Å². The monoisotopic (exact) mass is 291 g/mol. The van der Waals surface area contributed by atoms with Crippen molar-refractivity contribution in [2.75, 3.05) is 10.5 Å². The highest BCUT2D eigenvalue weighted by Crippen LogP contribution is 2.19. The Kier molecular flexibility index (Phi) is 4.29. The molecule has 0 saturated heterocycles. The van der Waals surface area contributed by atoms with Crippen molar-refractivity contribution in [2.45, 2.75) is 12.8 Å². The summed E-state index contributed by atoms with van der Waals surface area (Å²) in [7, 11) is -3.43. The average Bonchev–Trinajstić information content (AvgIpc) is 2.41. The summed E-state index contributed by atoms with van der Waals surface area (Å²) >= 11 is 0. The Morgan fingerprint density at radius 2 is 1.65 bits per heavy atom. The van der Waals surface area contributed by atoms with Gasteiger partial charge in [-0.2, -0.15) is 0 Å². The first-order chi connectivity index (χ1) is 9.46. The third-order valence-corrected chi connectivity index (χ3v) is 4.46. The molecule has 0 aliphatic carbocycles. The quantitative estimate of drug-likeness (QED) is 0.832. The summed E-state index contributed by atoms with van der Waals surface area (Å²) < 4.78 is 26.7. The van der Waals surface area contributed by atoms with E-state index in [1.807, 2.05) is 37.3 Å². The van der Waals surface area contributed by atoms with Crippen molar-refractivity contribution in [3.63, 3.8) is 0 Å². The van der Waals surface area contributed by atoms with E-state index in [0.29, 0.717) is 5.69 Å². The van der Waals surface area contributed by atoms with Crippen LogP contribution in [0.4, 0.5) is 5.69 Å². The molecule has 2 aromatic carbocycles. The van der Waals surface area contributed by atoms with E-state index in [4.69, 9.17) is 0 Å². The van der Waals surface area contributed by atoms with Crippen LogP contribution in [0.2, 0.25) is 0 Å². The zero-order valence-electron chi connectivity index (χ0n) is 11.2. The maximum Gasteiger partial charge on any atom is 0.233 e. The number of hydrogen-bond acceptors (Lipinski definition) is 3. The molecular formula is C15H17NO3S. The van der Waals surface area contributed by atoms with Crippen LogP contribution >= 0.6 is 0 Å². The van der Waals surface area contributed by atoms with Crippen LogP contribution in [0.5, 0.6) is 5.75 Å². The minimum absolute atomic E-state index is 0.0118. The lowest BCUT2D eigenvalue weighted by Crippen LogP contribution is -2.20. The summed E-state index contributed by atoms with van der Waals surface area (Å²) in [5.41, 5.74) is 1.44. The molecule has 0 fully saturated rings. The van der Waals surface area contributed by atoms with Gasteiger partial charge in [-0.05, 0) is 35.7 Å². The van der Waals surface area contributed by atoms with Gasteiger partial charge in [-0.25, -0.2) is 8.42 Å². The van der Waals surface area contributed by atoms with Crippen molar-refractivity contribution in [3.05, 3.63) is 60.2 Å². The highest BCUT2D eigenvalue weighted by atomic mass is 32.2. The smallest absolute Gasteiger partial charge is 0.233 e. The van der Waals surface area contributed by atoms with Gasteiger partial charge in [0.15, 0.2) is 0 Å². The van der Waals surface area contributed by atoms with Gasteiger partial charge in [-0.1, -0.05) is 37.3 Å². The third-order valence-electron chi connectivity index (χ3n) is 2.98. The fraction of sp³-hybridized carbons (Fsp3) is 0.200. The second-order valence-corrected chi connectivity index (χ2v) is 6.51. The molecule has 0 amide bonds. The summed E-state index contributed by atoms with van der Waals surface area (Å²) in [6, 6.07) is 15.5. The fourth-order valence-electron chi connectivity index (χ4n) is 1.96. The molecule has 2 rings (SSSR count). The van der Waals surface area contributed by atoms with Crippen LogP contribution < -0.4 is 4.72 Å². The van der Waals surface area contributed by atoms with Gasteiger partial charge in [-0.15, -0.1) is 0 Å². The largest absolute Gasteiger partial charge is 0.508 e. The Labute approximate surface area is 119 Å². The Bertz CT molecular complexity index is 651. The molecule has 1 unspecified atom stereocenters. The molecule has 0 spiro atoms. The van der Waals surface area contributed by atoms with Crippen LogP contribution in [0, 0.1) is 0 Å². The first-order valence-electron chi connectivity index (χ1n) is 6.31. The summed E-state index contributed by atoms with van der Waals surface area (Å²) in [5, 5.41) is 9.17. The first kappa shape index (κ1) is 14.4. The normalized spacial score (nSPS) is 12.8. The number of benzene rings is 2. The van der Waals surface area contributed by atoms with E-state index in [-0.39, 0.29) is 17.4 Å². The van der Waals surface area contributed by atoms with E-state index in [2.05, 4.69) is 4.72 Å². The van der Waals surface area contributed by atoms with E-state index in [1.165, 1.54) is 24.3 Å². The Hall–Kier alpha value is -2.01. The van der Waals surface area contributed by atoms with E-state index in [1.54, 1.807) is 0 Å². The van der Waals surface area contributed by atoms with Gasteiger partial charge < -0.3 is 5.11 Å². The fourth-order valence-corrected chi connectivity index (χ4v) is 3.39. The van der Waals surface area contributed by atoms with Gasteiger partial charge in [-0.3, -0.25) is 4.72 Å². The number of hydrogen-bond donors (Lipinski definition) is 2. The SMILES string of the molecule is CC(CS(=O)(=O)Nc1ccc(O)cc1)c1ccccc1. The van der Waals surface area contributed by atoms with Crippen LogP contribution in [0.25, 0.3) is 0 Å². The number of aromatic hydroxyl groups is 1. The van der Waals surface area contributed by atoms with E-state index < -0.39 is 10.0 Å². The zero-order chi connectivity index (χ0) is 14.6. The minimum Gasteiger partial charge on any atom is -0.508 e. The molecule has 20 heavy (non-hydrogen) atoms. The van der Waals surface area contributed by atoms with Crippen molar-refractivity contribution < 1.29 is 13.5 Å². The van der Waals surface area contributed by atoms with Crippen LogP contribution in [0.1, 0.15) is 18.4 Å². The molecule has 0 radical (unpaired) electrons. The number of phenols is 1. The predicted molar refractivity (Wildman–Crippen MR) is 80.4 cm³/mol. The Balaban J connectivity index is 2.06. The molecule has 2 aromatic rings. The highest BCUT2D eigenvalue weighted by molar-refractivity contribution is 7.92. The van der Waals surface area contributed by atoms with Crippen molar-refractivity contribution in [1.82, 2.24) is 0 Å². The number of rotatable bonds is 5. The van der Waals surface area contributed by atoms with Crippen LogP contribution in [-0.2, 0) is 10.0 Å². The Morgan fingerprint density at radius 1 is 1.05 bits per heavy atom. The number of phenolic OH excluding ortho intramolecular Hbond substituents is 1. The van der Waals surface area contributed by atoms with Crippen molar-refractivity contribution in [1.29, 1.82) is 0 Å². The topological polar surface area (TPSA) is 66.4 Å². The van der Waals surface area contributed by atoms with Crippen LogP contribution in [0.15, 0.2) is 54.6 Å². The molecule has 106 valence electrons. The van der Waals surface area contributed by atoms with Gasteiger partial charge >= 0.3 is 0 Å². The summed E-state index contributed by atoms with van der Waals surface area (Å²) in [5.74, 6) is 0.0224. The lowest BCUT2D eigenvalue weighted by Gasteiger charge is -2.13. The van der Waals surface area contributed by atoms with Crippen molar-refractivity contribution in [3.8, 4) is 5.75 Å². The van der Waals surface area contributed by atoms with Gasteiger partial charge in [0.05, 0.1) is 5.75 Å². The zero-order valence-corrected chi connectivity index (χ0v) is 12.0. The predicted octanol–water partition coefficient (Wildman–Crippen LogP) is 2.94. The Morgan fingerprint density at radius 3 is 2.25 bits per heavy atom. The van der Waals surface area contributed by atoms with Crippen LogP contribution in [0.3, 0.4) is 0 Å². The number of sulfonamides is 1. The first-order valence-corrected chi connectivity index (χ1v) is 7.96. The van der Waals surface area contributed by atoms with Gasteiger partial charge in [0.2, 0.25) is 10.0 Å². The maximum absolute atomic E-state index is 12.1. The minimum atomic E-state index is -3.43. The van der Waals surface area contributed by atoms with E-state index in [9.17, 15) is 13.5 Å². The molecule has 0 aliphatic rings. The maximum atomic E-state index is 12.1. The summed E-state index contributed by atoms with van der Waals surface area (Å²) in [4.78, 5) is 0. The van der Waals surface area contributed by atoms with Gasteiger partial charge in [0, 0.05) is 5.69 Å². The number of nitrogens with one attached hydrogen (secondary N) is 1. The molecule has 0 aromatic heterocycles. The lowest BCUT2D eigenvalue weighted by atomic mass is 10.0. The van der Waals surface area contributed by atoms with Crippen LogP contribution in [-0.4, -0.2) is 19.3 Å². The second-order valence-electron chi connectivity index (χ2n) is 4.74. The van der Waals surface area contributed by atoms with E-state index in [0.717, 1.165) is 5.56 Å². The van der Waals surface area contributed by atoms with Crippen molar-refractivity contribution >= 4 is 15.7 Å². The molecule has 0 saturated carbocycles. The molecule has 0 bridgehead atoms. The highest BCUT2D eigenvalue weighted by Gasteiger charge is 2.17. The third kappa shape index (κ3) is 3.99. The molecule has 4 nitrogen and oxygen atoms in total.